The van der Waals surface area contributed by atoms with E-state index in [0.29, 0.717) is 40.7 Å². The Hall–Kier alpha value is -2.28. The Balaban J connectivity index is 1.75. The van der Waals surface area contributed by atoms with E-state index in [1.54, 1.807) is 18.2 Å². The second-order valence-corrected chi connectivity index (χ2v) is 8.30. The maximum Gasteiger partial charge on any atom is 0.233 e. The predicted octanol–water partition coefficient (Wildman–Crippen LogP) is 5.58. The molecule has 0 unspecified atom stereocenters. The Morgan fingerprint density at radius 2 is 1.97 bits per heavy atom. The number of amides is 1. The third-order valence-electron chi connectivity index (χ3n) is 4.48. The standard InChI is InChI=1S/C22H22Cl2N4OS/c1-3-12-28-21(18-11-10-17(23)13-19(18)24)25-26-22(28)30-15-20(29)27(4-2)14-16-8-6-5-7-9-16/h3,5-11,13H,1,4,12,14-15H2,2H3. The molecule has 0 bridgehead atoms. The highest BCUT2D eigenvalue weighted by atomic mass is 35.5. The first-order valence-electron chi connectivity index (χ1n) is 9.47. The fourth-order valence-corrected chi connectivity index (χ4v) is 4.30. The number of aromatic nitrogens is 3. The molecule has 1 aromatic heterocycles. The van der Waals surface area contributed by atoms with Gasteiger partial charge in [-0.1, -0.05) is 71.4 Å². The highest BCUT2D eigenvalue weighted by Crippen LogP contribution is 2.31. The summed E-state index contributed by atoms with van der Waals surface area (Å²) in [4.78, 5) is 14.6. The van der Waals surface area contributed by atoms with E-state index >= 15 is 0 Å². The highest BCUT2D eigenvalue weighted by Gasteiger charge is 2.19. The van der Waals surface area contributed by atoms with E-state index in [1.165, 1.54) is 11.8 Å². The van der Waals surface area contributed by atoms with Crippen LogP contribution in [0, 0.1) is 0 Å². The molecule has 0 atom stereocenters. The summed E-state index contributed by atoms with van der Waals surface area (Å²) in [6, 6.07) is 15.2. The van der Waals surface area contributed by atoms with Crippen LogP contribution in [0.25, 0.3) is 11.4 Å². The Labute approximate surface area is 190 Å². The van der Waals surface area contributed by atoms with Gasteiger partial charge in [0.25, 0.3) is 0 Å². The van der Waals surface area contributed by atoms with Gasteiger partial charge in [-0.3, -0.25) is 9.36 Å². The van der Waals surface area contributed by atoms with Crippen LogP contribution < -0.4 is 0 Å². The molecule has 30 heavy (non-hydrogen) atoms. The lowest BCUT2D eigenvalue weighted by Gasteiger charge is -2.20. The van der Waals surface area contributed by atoms with Crippen molar-refractivity contribution in [3.8, 4) is 11.4 Å². The summed E-state index contributed by atoms with van der Waals surface area (Å²) in [5, 5.41) is 10.3. The molecule has 0 saturated carbocycles. The van der Waals surface area contributed by atoms with Crippen molar-refractivity contribution >= 4 is 40.9 Å². The Morgan fingerprint density at radius 1 is 1.20 bits per heavy atom. The Morgan fingerprint density at radius 3 is 2.63 bits per heavy atom. The molecule has 3 aromatic rings. The van der Waals surface area contributed by atoms with E-state index in [9.17, 15) is 4.79 Å². The van der Waals surface area contributed by atoms with E-state index in [2.05, 4.69) is 16.8 Å². The predicted molar refractivity (Wildman–Crippen MR) is 124 cm³/mol. The zero-order valence-electron chi connectivity index (χ0n) is 16.6. The van der Waals surface area contributed by atoms with E-state index in [-0.39, 0.29) is 11.7 Å². The molecule has 3 rings (SSSR count). The van der Waals surface area contributed by atoms with Crippen LogP contribution in [-0.2, 0) is 17.9 Å². The van der Waals surface area contributed by atoms with Crippen LogP contribution in [0.3, 0.4) is 0 Å². The fourth-order valence-electron chi connectivity index (χ4n) is 2.96. The van der Waals surface area contributed by atoms with Gasteiger partial charge in [0, 0.05) is 30.2 Å². The average molecular weight is 461 g/mol. The molecular formula is C22H22Cl2N4OS. The third-order valence-corrected chi connectivity index (χ3v) is 5.98. The van der Waals surface area contributed by atoms with Gasteiger partial charge in [0.05, 0.1) is 10.8 Å². The molecular weight excluding hydrogens is 439 g/mol. The number of carbonyl (C=O) groups is 1. The Kier molecular flexibility index (Phi) is 7.96. The lowest BCUT2D eigenvalue weighted by atomic mass is 10.2. The number of rotatable bonds is 9. The Bertz CT molecular complexity index is 1020. The number of hydrogen-bond donors (Lipinski definition) is 0. The van der Waals surface area contributed by atoms with Crippen molar-refractivity contribution in [1.29, 1.82) is 0 Å². The van der Waals surface area contributed by atoms with Gasteiger partial charge in [-0.2, -0.15) is 0 Å². The van der Waals surface area contributed by atoms with Crippen molar-refractivity contribution in [2.75, 3.05) is 12.3 Å². The molecule has 0 spiro atoms. The fraction of sp³-hybridized carbons (Fsp3) is 0.227. The van der Waals surface area contributed by atoms with Crippen LogP contribution in [0.2, 0.25) is 10.0 Å². The van der Waals surface area contributed by atoms with Crippen LogP contribution in [0.5, 0.6) is 0 Å². The molecule has 0 aliphatic heterocycles. The minimum absolute atomic E-state index is 0.0468. The summed E-state index contributed by atoms with van der Waals surface area (Å²) in [5.41, 5.74) is 1.83. The zero-order valence-corrected chi connectivity index (χ0v) is 18.9. The van der Waals surface area contributed by atoms with Gasteiger partial charge in [-0.15, -0.1) is 16.8 Å². The molecule has 0 N–H and O–H groups in total. The summed E-state index contributed by atoms with van der Waals surface area (Å²) >= 11 is 13.7. The zero-order chi connectivity index (χ0) is 21.5. The molecule has 0 saturated heterocycles. The molecule has 156 valence electrons. The van der Waals surface area contributed by atoms with E-state index in [4.69, 9.17) is 23.2 Å². The minimum atomic E-state index is 0.0468. The number of halogens is 2. The van der Waals surface area contributed by atoms with Crippen LogP contribution in [-0.4, -0.2) is 37.9 Å². The van der Waals surface area contributed by atoms with Gasteiger partial charge in [0.2, 0.25) is 5.91 Å². The minimum Gasteiger partial charge on any atom is -0.338 e. The summed E-state index contributed by atoms with van der Waals surface area (Å²) < 4.78 is 1.90. The molecule has 8 heteroatoms. The molecule has 0 aliphatic carbocycles. The van der Waals surface area contributed by atoms with Crippen molar-refractivity contribution in [1.82, 2.24) is 19.7 Å². The van der Waals surface area contributed by atoms with Gasteiger partial charge < -0.3 is 4.90 Å². The lowest BCUT2D eigenvalue weighted by molar-refractivity contribution is -0.128. The van der Waals surface area contributed by atoms with E-state index in [1.807, 2.05) is 52.8 Å². The van der Waals surface area contributed by atoms with Gasteiger partial charge in [0.1, 0.15) is 0 Å². The molecule has 1 heterocycles. The average Bonchev–Trinajstić information content (AvgIpc) is 3.13. The summed E-state index contributed by atoms with van der Waals surface area (Å²) in [6.45, 7) is 7.52. The monoisotopic (exact) mass is 460 g/mol. The van der Waals surface area contributed by atoms with Gasteiger partial charge >= 0.3 is 0 Å². The SMILES string of the molecule is C=CCn1c(SCC(=O)N(CC)Cc2ccccc2)nnc1-c1ccc(Cl)cc1Cl. The van der Waals surface area contributed by atoms with Crippen LogP contribution >= 0.6 is 35.0 Å². The second-order valence-electron chi connectivity index (χ2n) is 6.51. The normalized spacial score (nSPS) is 10.8. The first-order chi connectivity index (χ1) is 14.5. The molecule has 0 aliphatic rings. The van der Waals surface area contributed by atoms with Crippen LogP contribution in [0.4, 0.5) is 0 Å². The van der Waals surface area contributed by atoms with Gasteiger partial charge in [-0.25, -0.2) is 0 Å². The largest absolute Gasteiger partial charge is 0.338 e. The summed E-state index contributed by atoms with van der Waals surface area (Å²) in [5.74, 6) is 0.929. The van der Waals surface area contributed by atoms with Gasteiger partial charge in [0.15, 0.2) is 11.0 Å². The number of benzene rings is 2. The molecule has 1 amide bonds. The summed E-state index contributed by atoms with van der Waals surface area (Å²) in [7, 11) is 0. The number of hydrogen-bond acceptors (Lipinski definition) is 4. The number of thioether (sulfide) groups is 1. The number of nitrogens with zero attached hydrogens (tertiary/aromatic N) is 4. The third kappa shape index (κ3) is 5.45. The summed E-state index contributed by atoms with van der Waals surface area (Å²) in [6.07, 6.45) is 1.76. The number of carbonyl (C=O) groups excluding carboxylic acids is 1. The maximum atomic E-state index is 12.8. The van der Waals surface area contributed by atoms with E-state index < -0.39 is 0 Å². The van der Waals surface area contributed by atoms with Crippen LogP contribution in [0.15, 0.2) is 66.3 Å². The van der Waals surface area contributed by atoms with Crippen molar-refractivity contribution in [3.63, 3.8) is 0 Å². The van der Waals surface area contributed by atoms with Crippen molar-refractivity contribution < 1.29 is 4.79 Å². The second kappa shape index (κ2) is 10.7. The smallest absolute Gasteiger partial charge is 0.233 e. The van der Waals surface area contributed by atoms with Crippen LogP contribution in [0.1, 0.15) is 12.5 Å². The molecule has 0 radical (unpaired) electrons. The van der Waals surface area contributed by atoms with Crippen molar-refractivity contribution in [2.45, 2.75) is 25.2 Å². The highest BCUT2D eigenvalue weighted by molar-refractivity contribution is 7.99. The quantitative estimate of drug-likeness (QED) is 0.309. The first kappa shape index (κ1) is 22.4. The topological polar surface area (TPSA) is 51.0 Å². The van der Waals surface area contributed by atoms with Gasteiger partial charge in [-0.05, 0) is 30.7 Å². The number of allylic oxidation sites excluding steroid dienone is 1. The van der Waals surface area contributed by atoms with Crippen molar-refractivity contribution in [2.24, 2.45) is 0 Å². The first-order valence-corrected chi connectivity index (χ1v) is 11.2. The molecule has 5 nitrogen and oxygen atoms in total. The molecule has 0 fully saturated rings. The lowest BCUT2D eigenvalue weighted by Crippen LogP contribution is -2.31. The van der Waals surface area contributed by atoms with Crippen molar-refractivity contribution in [3.05, 3.63) is 76.8 Å². The molecule has 2 aromatic carbocycles. The van der Waals surface area contributed by atoms with E-state index in [0.717, 1.165) is 11.1 Å². The maximum absolute atomic E-state index is 12.8.